The van der Waals surface area contributed by atoms with Crippen molar-refractivity contribution in [1.82, 2.24) is 10.2 Å². The highest BCUT2D eigenvalue weighted by Gasteiger charge is 2.24. The Morgan fingerprint density at radius 2 is 2.12 bits per heavy atom. The molecule has 3 nitrogen and oxygen atoms in total. The van der Waals surface area contributed by atoms with Gasteiger partial charge in [0.1, 0.15) is 0 Å². The first-order valence-corrected chi connectivity index (χ1v) is 7.25. The van der Waals surface area contributed by atoms with Gasteiger partial charge in [-0.25, -0.2) is 0 Å². The summed E-state index contributed by atoms with van der Waals surface area (Å²) >= 11 is 0. The van der Waals surface area contributed by atoms with Crippen LogP contribution in [0.5, 0.6) is 0 Å². The highest BCUT2D eigenvalue weighted by atomic mass is 16.5. The molecule has 102 valence electrons. The number of piperidine rings is 1. The predicted octanol–water partition coefficient (Wildman–Crippen LogP) is 2.27. The van der Waals surface area contributed by atoms with Gasteiger partial charge >= 0.3 is 0 Å². The number of hydrogen-bond acceptors (Lipinski definition) is 3. The Bertz CT molecular complexity index is 187. The number of methoxy groups -OCH3 is 1. The first kappa shape index (κ1) is 14.9. The van der Waals surface area contributed by atoms with Crippen molar-refractivity contribution in [2.24, 2.45) is 0 Å². The molecule has 1 aliphatic rings. The molecule has 0 radical (unpaired) electrons. The van der Waals surface area contributed by atoms with E-state index in [1.807, 2.05) is 7.11 Å². The second kappa shape index (κ2) is 8.90. The van der Waals surface area contributed by atoms with E-state index in [2.05, 4.69) is 24.1 Å². The van der Waals surface area contributed by atoms with E-state index in [9.17, 15) is 0 Å². The summed E-state index contributed by atoms with van der Waals surface area (Å²) in [5, 5.41) is 3.54. The van der Waals surface area contributed by atoms with Gasteiger partial charge < -0.3 is 10.1 Å². The minimum Gasteiger partial charge on any atom is -0.381 e. The largest absolute Gasteiger partial charge is 0.381 e. The summed E-state index contributed by atoms with van der Waals surface area (Å²) in [7, 11) is 1.84. The van der Waals surface area contributed by atoms with Crippen LogP contribution in [0.4, 0.5) is 0 Å². The van der Waals surface area contributed by atoms with Gasteiger partial charge in [-0.3, -0.25) is 4.90 Å². The summed E-state index contributed by atoms with van der Waals surface area (Å²) in [5.74, 6) is 0. The zero-order valence-corrected chi connectivity index (χ0v) is 11.9. The minimum atomic E-state index is 0.485. The van der Waals surface area contributed by atoms with E-state index in [4.69, 9.17) is 4.74 Å². The van der Waals surface area contributed by atoms with Crippen LogP contribution in [0, 0.1) is 0 Å². The van der Waals surface area contributed by atoms with E-state index in [0.717, 1.165) is 6.54 Å². The monoisotopic (exact) mass is 242 g/mol. The van der Waals surface area contributed by atoms with Gasteiger partial charge in [0, 0.05) is 32.8 Å². The van der Waals surface area contributed by atoms with Crippen molar-refractivity contribution in [3.05, 3.63) is 0 Å². The van der Waals surface area contributed by atoms with Crippen molar-refractivity contribution in [3.63, 3.8) is 0 Å². The van der Waals surface area contributed by atoms with E-state index in [-0.39, 0.29) is 0 Å². The average molecular weight is 242 g/mol. The molecule has 17 heavy (non-hydrogen) atoms. The summed E-state index contributed by atoms with van der Waals surface area (Å²) < 4.78 is 5.44. The van der Waals surface area contributed by atoms with Crippen LogP contribution in [0.15, 0.2) is 0 Å². The fourth-order valence-corrected chi connectivity index (χ4v) is 2.57. The molecule has 1 heterocycles. The van der Waals surface area contributed by atoms with Crippen molar-refractivity contribution in [1.29, 1.82) is 0 Å². The van der Waals surface area contributed by atoms with E-state index in [1.54, 1.807) is 0 Å². The molecule has 0 spiro atoms. The first-order valence-electron chi connectivity index (χ1n) is 7.25. The van der Waals surface area contributed by atoms with Gasteiger partial charge in [0.05, 0.1) is 6.10 Å². The molecule has 0 amide bonds. The predicted molar refractivity (Wildman–Crippen MR) is 73.5 cm³/mol. The van der Waals surface area contributed by atoms with Crippen LogP contribution < -0.4 is 5.32 Å². The van der Waals surface area contributed by atoms with E-state index in [0.29, 0.717) is 12.1 Å². The topological polar surface area (TPSA) is 24.5 Å². The second-order valence-corrected chi connectivity index (χ2v) is 5.22. The summed E-state index contributed by atoms with van der Waals surface area (Å²) in [6.07, 6.45) is 6.84. The smallest absolute Gasteiger partial charge is 0.0598 e. The fourth-order valence-electron chi connectivity index (χ4n) is 2.57. The molecule has 0 saturated carbocycles. The molecule has 0 bridgehead atoms. The minimum absolute atomic E-state index is 0.485. The van der Waals surface area contributed by atoms with Gasteiger partial charge in [0.25, 0.3) is 0 Å². The molecule has 3 heteroatoms. The molecule has 1 fully saturated rings. The Morgan fingerprint density at radius 3 is 2.76 bits per heavy atom. The zero-order chi connectivity index (χ0) is 12.5. The number of nitrogens with zero attached hydrogens (tertiary/aromatic N) is 1. The lowest BCUT2D eigenvalue weighted by atomic mass is 10.0. The normalized spacial score (nSPS) is 26.3. The lowest BCUT2D eigenvalue weighted by molar-refractivity contribution is 0.0165. The molecule has 0 aromatic rings. The van der Waals surface area contributed by atoms with Crippen LogP contribution in [-0.2, 0) is 4.74 Å². The molecule has 1 N–H and O–H groups in total. The number of nitrogens with one attached hydrogen (secondary N) is 1. The van der Waals surface area contributed by atoms with Crippen molar-refractivity contribution in [2.45, 2.75) is 58.1 Å². The lowest BCUT2D eigenvalue weighted by Gasteiger charge is -2.37. The number of unbranched alkanes of at least 4 members (excludes halogenated alkanes) is 2. The number of likely N-dealkylation sites (tertiary alicyclic amines) is 1. The van der Waals surface area contributed by atoms with E-state index >= 15 is 0 Å². The van der Waals surface area contributed by atoms with Crippen molar-refractivity contribution in [2.75, 3.05) is 33.3 Å². The van der Waals surface area contributed by atoms with Gasteiger partial charge in [-0.15, -0.1) is 0 Å². The zero-order valence-electron chi connectivity index (χ0n) is 11.9. The van der Waals surface area contributed by atoms with Crippen molar-refractivity contribution >= 4 is 0 Å². The molecule has 2 unspecified atom stereocenters. The molecule has 1 saturated heterocycles. The quantitative estimate of drug-likeness (QED) is 0.661. The molecule has 1 rings (SSSR count). The number of ether oxygens (including phenoxy) is 1. The Labute approximate surface area is 107 Å². The van der Waals surface area contributed by atoms with Gasteiger partial charge in [0.2, 0.25) is 0 Å². The Balaban J connectivity index is 2.03. The van der Waals surface area contributed by atoms with Crippen LogP contribution in [0.25, 0.3) is 0 Å². The Morgan fingerprint density at radius 1 is 1.29 bits per heavy atom. The first-order chi connectivity index (χ1) is 8.27. The molecule has 0 aliphatic carbocycles. The highest BCUT2D eigenvalue weighted by Crippen LogP contribution is 2.18. The molecular formula is C14H30N2O. The van der Waals surface area contributed by atoms with E-state index < -0.39 is 0 Å². The molecule has 0 aromatic heterocycles. The molecular weight excluding hydrogens is 212 g/mol. The molecule has 1 aliphatic heterocycles. The maximum absolute atomic E-state index is 5.44. The third-order valence-electron chi connectivity index (χ3n) is 3.83. The lowest BCUT2D eigenvalue weighted by Crippen LogP contribution is -2.45. The van der Waals surface area contributed by atoms with Crippen LogP contribution in [0.2, 0.25) is 0 Å². The van der Waals surface area contributed by atoms with E-state index in [1.165, 1.54) is 51.7 Å². The van der Waals surface area contributed by atoms with Gasteiger partial charge in [-0.05, 0) is 32.7 Å². The molecule has 2 atom stereocenters. The van der Waals surface area contributed by atoms with Gasteiger partial charge in [-0.1, -0.05) is 19.8 Å². The maximum Gasteiger partial charge on any atom is 0.0598 e. The Hall–Kier alpha value is -0.120. The summed E-state index contributed by atoms with van der Waals surface area (Å²) in [5.41, 5.74) is 0. The fraction of sp³-hybridized carbons (Fsp3) is 1.00. The maximum atomic E-state index is 5.44. The summed E-state index contributed by atoms with van der Waals surface area (Å²) in [6, 6.07) is 0.672. The van der Waals surface area contributed by atoms with Crippen molar-refractivity contribution < 1.29 is 4.74 Å². The van der Waals surface area contributed by atoms with Crippen LogP contribution in [-0.4, -0.2) is 50.3 Å². The van der Waals surface area contributed by atoms with Gasteiger partial charge in [-0.2, -0.15) is 0 Å². The average Bonchev–Trinajstić information content (AvgIpc) is 2.35. The van der Waals surface area contributed by atoms with Crippen LogP contribution in [0.3, 0.4) is 0 Å². The third-order valence-corrected chi connectivity index (χ3v) is 3.83. The summed E-state index contributed by atoms with van der Waals surface area (Å²) in [6.45, 7) is 9.26. The number of rotatable bonds is 8. The summed E-state index contributed by atoms with van der Waals surface area (Å²) in [4.78, 5) is 2.59. The standard InChI is InChI=1S/C14H30N2O/c1-4-5-6-8-15-9-11-16-10-7-14(17-3)12-13(16)2/h13-15H,4-12H2,1-3H3. The van der Waals surface area contributed by atoms with Gasteiger partial charge in [0.15, 0.2) is 0 Å². The molecule has 0 aromatic carbocycles. The number of hydrogen-bond donors (Lipinski definition) is 1. The van der Waals surface area contributed by atoms with Crippen LogP contribution >= 0.6 is 0 Å². The third kappa shape index (κ3) is 5.84. The van der Waals surface area contributed by atoms with Crippen LogP contribution in [0.1, 0.15) is 46.0 Å². The highest BCUT2D eigenvalue weighted by molar-refractivity contribution is 4.79. The SMILES string of the molecule is CCCCCNCCN1CCC(OC)CC1C. The second-order valence-electron chi connectivity index (χ2n) is 5.22. The Kier molecular flexibility index (Phi) is 7.82. The van der Waals surface area contributed by atoms with Crippen molar-refractivity contribution in [3.8, 4) is 0 Å².